The maximum absolute atomic E-state index is 13.8. The number of rotatable bonds is 2. The predicted octanol–water partition coefficient (Wildman–Crippen LogP) is 2.77. The van der Waals surface area contributed by atoms with Crippen molar-refractivity contribution in [1.82, 2.24) is 4.90 Å². The molecule has 1 amide bonds. The average molecular weight is 320 g/mol. The lowest BCUT2D eigenvalue weighted by atomic mass is 10.0. The second-order valence-electron chi connectivity index (χ2n) is 4.92. The zero-order valence-electron chi connectivity index (χ0n) is 11.0. The van der Waals surface area contributed by atoms with Crippen LogP contribution in [-0.4, -0.2) is 31.8 Å². The SMILES string of the molecule is CC1CCCCN1C(=O)c1cc(S(=O)(=O)Cl)ccc1F. The molecule has 4 nitrogen and oxygen atoms in total. The van der Waals surface area contributed by atoms with Crippen LogP contribution in [0.15, 0.2) is 23.1 Å². The number of carbonyl (C=O) groups is 1. The number of hydrogen-bond acceptors (Lipinski definition) is 3. The molecule has 1 aromatic rings. The number of likely N-dealkylation sites (tertiary alicyclic amines) is 1. The molecule has 1 aliphatic heterocycles. The first kappa shape index (κ1) is 15.3. The van der Waals surface area contributed by atoms with E-state index in [1.807, 2.05) is 6.92 Å². The molecule has 0 aliphatic carbocycles. The number of piperidine rings is 1. The van der Waals surface area contributed by atoms with Gasteiger partial charge in [0.1, 0.15) is 5.82 Å². The van der Waals surface area contributed by atoms with E-state index in [1.165, 1.54) is 0 Å². The first-order valence-electron chi connectivity index (χ1n) is 6.36. The number of halogens is 2. The van der Waals surface area contributed by atoms with Crippen LogP contribution in [0.1, 0.15) is 36.5 Å². The van der Waals surface area contributed by atoms with Crippen molar-refractivity contribution < 1.29 is 17.6 Å². The second kappa shape index (κ2) is 5.69. The average Bonchev–Trinajstić information content (AvgIpc) is 2.37. The molecule has 1 aliphatic rings. The Labute approximate surface area is 121 Å². The van der Waals surface area contributed by atoms with Crippen LogP contribution in [0.25, 0.3) is 0 Å². The third-order valence-electron chi connectivity index (χ3n) is 3.51. The van der Waals surface area contributed by atoms with Crippen LogP contribution in [0.5, 0.6) is 0 Å². The predicted molar refractivity (Wildman–Crippen MR) is 73.8 cm³/mol. The van der Waals surface area contributed by atoms with Gasteiger partial charge in [-0.15, -0.1) is 0 Å². The van der Waals surface area contributed by atoms with Gasteiger partial charge in [-0.25, -0.2) is 12.8 Å². The highest BCUT2D eigenvalue weighted by atomic mass is 35.7. The molecule has 1 saturated heterocycles. The van der Waals surface area contributed by atoms with Crippen LogP contribution in [0.4, 0.5) is 4.39 Å². The van der Waals surface area contributed by atoms with Gasteiger partial charge in [0.2, 0.25) is 0 Å². The maximum Gasteiger partial charge on any atom is 0.261 e. The van der Waals surface area contributed by atoms with Gasteiger partial charge in [0.25, 0.3) is 15.0 Å². The monoisotopic (exact) mass is 319 g/mol. The number of nitrogens with zero attached hydrogens (tertiary/aromatic N) is 1. The van der Waals surface area contributed by atoms with Crippen LogP contribution in [-0.2, 0) is 9.05 Å². The highest BCUT2D eigenvalue weighted by molar-refractivity contribution is 8.13. The zero-order valence-corrected chi connectivity index (χ0v) is 12.5. The summed E-state index contributed by atoms with van der Waals surface area (Å²) in [5, 5.41) is 0. The van der Waals surface area contributed by atoms with Gasteiger partial charge in [0.05, 0.1) is 10.5 Å². The Morgan fingerprint density at radius 2 is 2.10 bits per heavy atom. The van der Waals surface area contributed by atoms with Gasteiger partial charge in [-0.05, 0) is 44.4 Å². The van der Waals surface area contributed by atoms with E-state index in [1.54, 1.807) is 4.90 Å². The van der Waals surface area contributed by atoms with Gasteiger partial charge in [-0.3, -0.25) is 4.79 Å². The van der Waals surface area contributed by atoms with E-state index < -0.39 is 20.8 Å². The zero-order chi connectivity index (χ0) is 14.9. The molecular formula is C13H15ClFNO3S. The molecule has 1 heterocycles. The summed E-state index contributed by atoms with van der Waals surface area (Å²) in [6, 6.07) is 3.03. The standard InChI is InChI=1S/C13H15ClFNO3S/c1-9-4-2-3-7-16(9)13(17)11-8-10(20(14,18)19)5-6-12(11)15/h5-6,8-9H,2-4,7H2,1H3. The van der Waals surface area contributed by atoms with Gasteiger partial charge in [0.15, 0.2) is 0 Å². The van der Waals surface area contributed by atoms with Gasteiger partial charge < -0.3 is 4.90 Å². The maximum atomic E-state index is 13.8. The summed E-state index contributed by atoms with van der Waals surface area (Å²) in [5.41, 5.74) is -0.250. The Hall–Kier alpha value is -1.14. The first-order chi connectivity index (χ1) is 9.30. The number of carbonyl (C=O) groups excluding carboxylic acids is 1. The molecule has 1 fully saturated rings. The molecule has 1 atom stereocenters. The molecule has 1 unspecified atom stereocenters. The fourth-order valence-electron chi connectivity index (χ4n) is 2.37. The Morgan fingerprint density at radius 1 is 1.40 bits per heavy atom. The molecule has 20 heavy (non-hydrogen) atoms. The summed E-state index contributed by atoms with van der Waals surface area (Å²) < 4.78 is 36.4. The third kappa shape index (κ3) is 3.12. The van der Waals surface area contributed by atoms with Crippen molar-refractivity contribution in [3.63, 3.8) is 0 Å². The minimum absolute atomic E-state index is 0.0203. The third-order valence-corrected chi connectivity index (χ3v) is 4.87. The van der Waals surface area contributed by atoms with Crippen LogP contribution in [0, 0.1) is 5.82 Å². The normalized spacial score (nSPS) is 19.9. The van der Waals surface area contributed by atoms with Crippen molar-refractivity contribution >= 4 is 25.6 Å². The molecule has 110 valence electrons. The highest BCUT2D eigenvalue weighted by Crippen LogP contribution is 2.23. The summed E-state index contributed by atoms with van der Waals surface area (Å²) >= 11 is 0. The number of benzene rings is 1. The van der Waals surface area contributed by atoms with Crippen molar-refractivity contribution in [3.8, 4) is 0 Å². The molecule has 0 bridgehead atoms. The minimum atomic E-state index is -3.99. The molecule has 0 spiro atoms. The van der Waals surface area contributed by atoms with E-state index in [0.717, 1.165) is 37.5 Å². The number of hydrogen-bond donors (Lipinski definition) is 0. The van der Waals surface area contributed by atoms with Gasteiger partial charge in [0, 0.05) is 23.3 Å². The summed E-state index contributed by atoms with van der Waals surface area (Å²) in [5.74, 6) is -1.23. The Bertz CT molecular complexity index is 633. The lowest BCUT2D eigenvalue weighted by Gasteiger charge is -2.33. The van der Waals surface area contributed by atoms with Gasteiger partial charge >= 0.3 is 0 Å². The molecule has 2 rings (SSSR count). The Morgan fingerprint density at radius 3 is 2.70 bits per heavy atom. The van der Waals surface area contributed by atoms with Crippen LogP contribution >= 0.6 is 10.7 Å². The summed E-state index contributed by atoms with van der Waals surface area (Å²) in [6.07, 6.45) is 2.76. The summed E-state index contributed by atoms with van der Waals surface area (Å²) in [7, 11) is 1.24. The molecule has 0 radical (unpaired) electrons. The second-order valence-corrected chi connectivity index (χ2v) is 7.49. The van der Waals surface area contributed by atoms with E-state index in [2.05, 4.69) is 0 Å². The first-order valence-corrected chi connectivity index (χ1v) is 8.67. The highest BCUT2D eigenvalue weighted by Gasteiger charge is 2.27. The van der Waals surface area contributed by atoms with E-state index >= 15 is 0 Å². The van der Waals surface area contributed by atoms with E-state index in [0.29, 0.717) is 6.54 Å². The van der Waals surface area contributed by atoms with E-state index in [-0.39, 0.29) is 16.5 Å². The Balaban J connectivity index is 2.38. The van der Waals surface area contributed by atoms with Crippen molar-refractivity contribution in [2.45, 2.75) is 37.1 Å². The molecule has 0 saturated carbocycles. The van der Waals surface area contributed by atoms with Crippen molar-refractivity contribution in [2.24, 2.45) is 0 Å². The lowest BCUT2D eigenvalue weighted by Crippen LogP contribution is -2.42. The van der Waals surface area contributed by atoms with Crippen molar-refractivity contribution in [2.75, 3.05) is 6.54 Å². The quantitative estimate of drug-likeness (QED) is 0.788. The minimum Gasteiger partial charge on any atom is -0.336 e. The fraction of sp³-hybridized carbons (Fsp3) is 0.462. The van der Waals surface area contributed by atoms with Crippen LogP contribution < -0.4 is 0 Å². The van der Waals surface area contributed by atoms with Gasteiger partial charge in [-0.1, -0.05) is 0 Å². The molecule has 7 heteroatoms. The molecular weight excluding hydrogens is 305 g/mol. The molecule has 0 aromatic heterocycles. The smallest absolute Gasteiger partial charge is 0.261 e. The molecule has 0 N–H and O–H groups in total. The fourth-order valence-corrected chi connectivity index (χ4v) is 3.15. The van der Waals surface area contributed by atoms with Crippen LogP contribution in [0.2, 0.25) is 0 Å². The largest absolute Gasteiger partial charge is 0.336 e. The molecule has 1 aromatic carbocycles. The van der Waals surface area contributed by atoms with Gasteiger partial charge in [-0.2, -0.15) is 0 Å². The van der Waals surface area contributed by atoms with E-state index in [9.17, 15) is 17.6 Å². The summed E-state index contributed by atoms with van der Waals surface area (Å²) in [4.78, 5) is 13.7. The van der Waals surface area contributed by atoms with Crippen molar-refractivity contribution in [3.05, 3.63) is 29.6 Å². The van der Waals surface area contributed by atoms with Crippen molar-refractivity contribution in [1.29, 1.82) is 0 Å². The number of amides is 1. The van der Waals surface area contributed by atoms with E-state index in [4.69, 9.17) is 10.7 Å². The Kier molecular flexibility index (Phi) is 4.34. The lowest BCUT2D eigenvalue weighted by molar-refractivity contribution is 0.0630. The summed E-state index contributed by atoms with van der Waals surface area (Å²) in [6.45, 7) is 2.45. The topological polar surface area (TPSA) is 54.5 Å². The van der Waals surface area contributed by atoms with Crippen LogP contribution in [0.3, 0.4) is 0 Å².